The zero-order valence-electron chi connectivity index (χ0n) is 35.3. The molecule has 0 amide bonds. The monoisotopic (exact) mass is 801 g/mol. The van der Waals surface area contributed by atoms with E-state index < -0.39 is 5.41 Å². The Morgan fingerprint density at radius 1 is 0.317 bits per heavy atom. The van der Waals surface area contributed by atoms with Crippen molar-refractivity contribution in [3.8, 4) is 55.6 Å². The Kier molecular flexibility index (Phi) is 7.64. The second-order valence-electron chi connectivity index (χ2n) is 18.0. The number of benzene rings is 10. The minimum Gasteiger partial charge on any atom is -0.310 e. The van der Waals surface area contributed by atoms with Crippen molar-refractivity contribution in [1.82, 2.24) is 0 Å². The van der Waals surface area contributed by atoms with E-state index in [2.05, 4.69) is 243 Å². The highest BCUT2D eigenvalue weighted by atomic mass is 15.1. The molecule has 0 saturated carbocycles. The van der Waals surface area contributed by atoms with Gasteiger partial charge in [0.25, 0.3) is 0 Å². The van der Waals surface area contributed by atoms with Crippen LogP contribution in [0.25, 0.3) is 66.4 Å². The molecule has 3 aliphatic carbocycles. The average Bonchev–Trinajstić information content (AvgIpc) is 3.81. The van der Waals surface area contributed by atoms with E-state index in [1.165, 1.54) is 105 Å². The van der Waals surface area contributed by atoms with Gasteiger partial charge in [-0.2, -0.15) is 0 Å². The predicted molar refractivity (Wildman–Crippen MR) is 263 cm³/mol. The van der Waals surface area contributed by atoms with Gasteiger partial charge in [0.15, 0.2) is 0 Å². The van der Waals surface area contributed by atoms with E-state index >= 15 is 0 Å². The molecule has 0 unspecified atom stereocenters. The number of hydrogen-bond acceptors (Lipinski definition) is 1. The van der Waals surface area contributed by atoms with Crippen molar-refractivity contribution in [2.75, 3.05) is 4.90 Å². The van der Waals surface area contributed by atoms with Crippen LogP contribution >= 0.6 is 0 Å². The maximum Gasteiger partial charge on any atom is 0.0726 e. The number of fused-ring (bicyclic) bond motifs is 12. The van der Waals surface area contributed by atoms with Crippen LogP contribution in [0.1, 0.15) is 47.2 Å². The van der Waals surface area contributed by atoms with Gasteiger partial charge >= 0.3 is 0 Å². The van der Waals surface area contributed by atoms with Crippen LogP contribution in [0, 0.1) is 0 Å². The Labute approximate surface area is 369 Å². The molecule has 0 N–H and O–H groups in total. The van der Waals surface area contributed by atoms with Crippen LogP contribution in [0.4, 0.5) is 17.1 Å². The molecule has 0 radical (unpaired) electrons. The fourth-order valence-corrected chi connectivity index (χ4v) is 11.7. The van der Waals surface area contributed by atoms with E-state index in [4.69, 9.17) is 0 Å². The quantitative estimate of drug-likeness (QED) is 0.168. The maximum absolute atomic E-state index is 2.54. The molecular weight excluding hydrogens is 759 g/mol. The fraction of sp³-hybridized carbons (Fsp3) is 0.0645. The number of anilines is 3. The molecule has 0 bridgehead atoms. The summed E-state index contributed by atoms with van der Waals surface area (Å²) in [5, 5.41) is 2.59. The first-order chi connectivity index (χ1) is 31.0. The lowest BCUT2D eigenvalue weighted by Crippen LogP contribution is -2.26. The largest absolute Gasteiger partial charge is 0.310 e. The molecule has 10 aromatic carbocycles. The molecule has 13 rings (SSSR count). The third kappa shape index (κ3) is 4.99. The van der Waals surface area contributed by atoms with E-state index in [1.54, 1.807) is 0 Å². The van der Waals surface area contributed by atoms with Crippen molar-refractivity contribution in [3.05, 3.63) is 258 Å². The highest BCUT2D eigenvalue weighted by Crippen LogP contribution is 2.64. The molecule has 0 saturated heterocycles. The topological polar surface area (TPSA) is 3.24 Å². The summed E-state index contributed by atoms with van der Waals surface area (Å²) in [6, 6.07) is 84.1. The Hall–Kier alpha value is -7.74. The summed E-state index contributed by atoms with van der Waals surface area (Å²) >= 11 is 0. The van der Waals surface area contributed by atoms with Crippen LogP contribution in [-0.4, -0.2) is 0 Å². The van der Waals surface area contributed by atoms with Crippen LogP contribution in [0.15, 0.2) is 224 Å². The van der Waals surface area contributed by atoms with Crippen molar-refractivity contribution in [2.24, 2.45) is 0 Å². The van der Waals surface area contributed by atoms with E-state index in [0.29, 0.717) is 0 Å². The normalized spacial score (nSPS) is 14.1. The lowest BCUT2D eigenvalue weighted by Gasteiger charge is -2.38. The van der Waals surface area contributed by atoms with E-state index in [-0.39, 0.29) is 5.41 Å². The predicted octanol–water partition coefficient (Wildman–Crippen LogP) is 16.3. The van der Waals surface area contributed by atoms with E-state index in [1.807, 2.05) is 0 Å². The summed E-state index contributed by atoms with van der Waals surface area (Å²) < 4.78 is 0. The van der Waals surface area contributed by atoms with Crippen molar-refractivity contribution >= 4 is 27.8 Å². The second kappa shape index (κ2) is 13.4. The summed E-state index contributed by atoms with van der Waals surface area (Å²) in [6.07, 6.45) is 0. The van der Waals surface area contributed by atoms with Gasteiger partial charge in [0.05, 0.1) is 11.1 Å². The van der Waals surface area contributed by atoms with Crippen LogP contribution in [0.5, 0.6) is 0 Å². The summed E-state index contributed by atoms with van der Waals surface area (Å²) in [7, 11) is 0. The van der Waals surface area contributed by atoms with Gasteiger partial charge in [-0.15, -0.1) is 0 Å². The first kappa shape index (κ1) is 36.0. The maximum atomic E-state index is 2.54. The third-order valence-electron chi connectivity index (χ3n) is 14.5. The number of rotatable bonds is 5. The van der Waals surface area contributed by atoms with Gasteiger partial charge < -0.3 is 4.90 Å². The van der Waals surface area contributed by atoms with Crippen molar-refractivity contribution in [2.45, 2.75) is 24.7 Å². The first-order valence-electron chi connectivity index (χ1n) is 22.2. The Bertz CT molecular complexity index is 3400. The molecule has 296 valence electrons. The van der Waals surface area contributed by atoms with Crippen LogP contribution < -0.4 is 4.90 Å². The van der Waals surface area contributed by atoms with Crippen LogP contribution in [-0.2, 0) is 10.8 Å². The van der Waals surface area contributed by atoms with Gasteiger partial charge in [-0.05, 0) is 131 Å². The third-order valence-corrected chi connectivity index (χ3v) is 14.5. The second-order valence-corrected chi connectivity index (χ2v) is 18.0. The smallest absolute Gasteiger partial charge is 0.0726 e. The fourth-order valence-electron chi connectivity index (χ4n) is 11.7. The van der Waals surface area contributed by atoms with Crippen LogP contribution in [0.2, 0.25) is 0 Å². The van der Waals surface area contributed by atoms with E-state index in [0.717, 1.165) is 11.4 Å². The molecule has 0 heterocycles. The summed E-state index contributed by atoms with van der Waals surface area (Å²) in [5.41, 5.74) is 23.5. The molecule has 0 atom stereocenters. The molecule has 1 spiro atoms. The lowest BCUT2D eigenvalue weighted by atomic mass is 9.67. The molecule has 1 nitrogen and oxygen atoms in total. The van der Waals surface area contributed by atoms with Crippen molar-refractivity contribution in [1.29, 1.82) is 0 Å². The van der Waals surface area contributed by atoms with Gasteiger partial charge in [0.2, 0.25) is 0 Å². The zero-order chi connectivity index (χ0) is 41.9. The van der Waals surface area contributed by atoms with Crippen molar-refractivity contribution < 1.29 is 0 Å². The minimum atomic E-state index is -0.451. The minimum absolute atomic E-state index is 0.220. The SMILES string of the molecule is CC1(C)c2cc(-c3ccccc3)ccc2-c2c(N(c3ccc(-c4ccccc4)cc3)c3ccc4c(c3)C3(c5ccccc5-c5ccccc53)c3ccccc3-4)ccc3cccc1c23. The Morgan fingerprint density at radius 3 is 1.44 bits per heavy atom. The van der Waals surface area contributed by atoms with Gasteiger partial charge in [-0.1, -0.05) is 202 Å². The number of nitrogens with zero attached hydrogens (tertiary/aromatic N) is 1. The lowest BCUT2D eigenvalue weighted by molar-refractivity contribution is 0.645. The molecular formula is C62H43N. The molecule has 10 aromatic rings. The van der Waals surface area contributed by atoms with Gasteiger partial charge in [0, 0.05) is 22.4 Å². The molecule has 0 aliphatic heterocycles. The summed E-state index contributed by atoms with van der Waals surface area (Å²) in [6.45, 7) is 4.81. The standard InChI is InChI=1S/C62H43N/c1-61(2)55-27-15-20-43-31-37-58(60(59(43)55)51-35-30-44(38-56(51)61)41-18-7-4-8-19-41)63(45-32-28-42(29-33-45)40-16-5-3-6-17-40)46-34-36-50-49-23-11-14-26-54(49)62(57(50)39-46)52-24-12-9-21-47(52)48-22-10-13-25-53(48)62/h3-39H,1-2H3. The summed E-state index contributed by atoms with van der Waals surface area (Å²) in [4.78, 5) is 2.54. The molecule has 0 fully saturated rings. The highest BCUT2D eigenvalue weighted by Gasteiger charge is 2.51. The molecule has 63 heavy (non-hydrogen) atoms. The van der Waals surface area contributed by atoms with Crippen LogP contribution in [0.3, 0.4) is 0 Å². The average molecular weight is 802 g/mol. The van der Waals surface area contributed by atoms with Gasteiger partial charge in [-0.3, -0.25) is 0 Å². The summed E-state index contributed by atoms with van der Waals surface area (Å²) in [5.74, 6) is 0. The van der Waals surface area contributed by atoms with E-state index in [9.17, 15) is 0 Å². The molecule has 3 aliphatic rings. The number of hydrogen-bond donors (Lipinski definition) is 0. The Morgan fingerprint density at radius 2 is 0.810 bits per heavy atom. The highest BCUT2D eigenvalue weighted by molar-refractivity contribution is 6.10. The zero-order valence-corrected chi connectivity index (χ0v) is 35.3. The first-order valence-corrected chi connectivity index (χ1v) is 22.2. The van der Waals surface area contributed by atoms with Gasteiger partial charge in [0.1, 0.15) is 0 Å². The molecule has 0 aromatic heterocycles. The van der Waals surface area contributed by atoms with Gasteiger partial charge in [-0.25, -0.2) is 0 Å². The molecule has 1 heteroatoms. The Balaban J connectivity index is 1.10. The van der Waals surface area contributed by atoms with Crippen molar-refractivity contribution in [3.63, 3.8) is 0 Å².